The number of benzene rings is 2. The van der Waals surface area contributed by atoms with E-state index in [1.165, 1.54) is 25.6 Å². The van der Waals surface area contributed by atoms with Crippen LogP contribution in [0, 0.1) is 0 Å². The molecule has 3 rings (SSSR count). The summed E-state index contributed by atoms with van der Waals surface area (Å²) in [5.74, 6) is 0.482. The van der Waals surface area contributed by atoms with Crippen molar-refractivity contribution in [1.29, 1.82) is 0 Å². The van der Waals surface area contributed by atoms with Crippen molar-refractivity contribution in [2.24, 2.45) is 0 Å². The maximum absolute atomic E-state index is 13.1. The summed E-state index contributed by atoms with van der Waals surface area (Å²) in [6.07, 6.45) is 1.35. The predicted octanol–water partition coefficient (Wildman–Crippen LogP) is 4.31. The topological polar surface area (TPSA) is 101 Å². The first-order chi connectivity index (χ1) is 13.1. The lowest BCUT2D eigenvalue weighted by Crippen LogP contribution is -2.28. The quantitative estimate of drug-likeness (QED) is 0.646. The Morgan fingerprint density at radius 1 is 1.18 bits per heavy atom. The van der Waals surface area contributed by atoms with Gasteiger partial charge in [-0.05, 0) is 39.0 Å². The molecule has 1 aromatic heterocycles. The van der Waals surface area contributed by atoms with Crippen LogP contribution in [-0.2, 0) is 9.84 Å². The van der Waals surface area contributed by atoms with Crippen LogP contribution in [0.15, 0.2) is 41.6 Å². The van der Waals surface area contributed by atoms with Crippen molar-refractivity contribution in [2.45, 2.75) is 30.4 Å². The van der Waals surface area contributed by atoms with Crippen LogP contribution < -0.4 is 10.1 Å². The number of sulfone groups is 1. The highest BCUT2D eigenvalue weighted by Crippen LogP contribution is 2.38. The third-order valence-corrected chi connectivity index (χ3v) is 7.16. The number of ether oxygens (including phenoxy) is 1. The van der Waals surface area contributed by atoms with Gasteiger partial charge in [0.2, 0.25) is 0 Å². The number of fused-ring (bicyclic) bond motifs is 1. The summed E-state index contributed by atoms with van der Waals surface area (Å²) < 4.78 is 30.4. The van der Waals surface area contributed by atoms with Gasteiger partial charge < -0.3 is 15.2 Å². The fourth-order valence-electron chi connectivity index (χ4n) is 2.61. The van der Waals surface area contributed by atoms with E-state index in [2.05, 4.69) is 15.3 Å². The van der Waals surface area contributed by atoms with E-state index in [0.29, 0.717) is 22.4 Å². The molecule has 0 aliphatic carbocycles. The summed E-state index contributed by atoms with van der Waals surface area (Å²) in [6, 6.07) is 7.82. The highest BCUT2D eigenvalue weighted by atomic mass is 35.5. The fourth-order valence-corrected chi connectivity index (χ4v) is 4.12. The van der Waals surface area contributed by atoms with Crippen LogP contribution >= 0.6 is 11.6 Å². The van der Waals surface area contributed by atoms with Crippen LogP contribution in [0.5, 0.6) is 11.5 Å². The normalized spacial score (nSPS) is 12.2. The van der Waals surface area contributed by atoms with Crippen molar-refractivity contribution in [3.63, 3.8) is 0 Å². The SMILES string of the molecule is COc1cc2ncnc(Nc3cccc(O)c3Cl)c2cc1S(=O)(=O)C(C)(C)C. The van der Waals surface area contributed by atoms with Crippen LogP contribution in [0.2, 0.25) is 5.02 Å². The summed E-state index contributed by atoms with van der Waals surface area (Å²) in [7, 11) is -2.28. The molecule has 0 unspecified atom stereocenters. The molecule has 3 aromatic rings. The maximum atomic E-state index is 13.1. The Kier molecular flexibility index (Phi) is 5.12. The Bertz CT molecular complexity index is 1160. The van der Waals surface area contributed by atoms with E-state index in [1.54, 1.807) is 39.0 Å². The van der Waals surface area contributed by atoms with Gasteiger partial charge in [-0.15, -0.1) is 0 Å². The second-order valence-electron chi connectivity index (χ2n) is 7.12. The Morgan fingerprint density at radius 2 is 1.89 bits per heavy atom. The van der Waals surface area contributed by atoms with Gasteiger partial charge in [0, 0.05) is 11.5 Å². The number of hydrogen-bond donors (Lipinski definition) is 2. The third-order valence-electron chi connectivity index (χ3n) is 4.25. The number of aromatic nitrogens is 2. The van der Waals surface area contributed by atoms with E-state index < -0.39 is 14.6 Å². The zero-order chi connectivity index (χ0) is 20.7. The molecule has 0 aliphatic rings. The van der Waals surface area contributed by atoms with Gasteiger partial charge >= 0.3 is 0 Å². The fraction of sp³-hybridized carbons (Fsp3) is 0.263. The molecule has 7 nitrogen and oxygen atoms in total. The molecule has 1 heterocycles. The molecule has 0 radical (unpaired) electrons. The molecule has 0 amide bonds. The molecule has 0 aliphatic heterocycles. The van der Waals surface area contributed by atoms with Gasteiger partial charge in [0.05, 0.1) is 23.1 Å². The van der Waals surface area contributed by atoms with E-state index in [1.807, 2.05) is 0 Å². The van der Waals surface area contributed by atoms with Crippen molar-refractivity contribution in [3.05, 3.63) is 41.7 Å². The molecule has 28 heavy (non-hydrogen) atoms. The largest absolute Gasteiger partial charge is 0.506 e. The number of aromatic hydroxyl groups is 1. The molecule has 0 bridgehead atoms. The van der Waals surface area contributed by atoms with Crippen LogP contribution in [0.25, 0.3) is 10.9 Å². The Hall–Kier alpha value is -2.58. The zero-order valence-corrected chi connectivity index (χ0v) is 17.4. The number of anilines is 2. The van der Waals surface area contributed by atoms with E-state index in [4.69, 9.17) is 16.3 Å². The highest BCUT2D eigenvalue weighted by Gasteiger charge is 2.34. The van der Waals surface area contributed by atoms with Crippen molar-refractivity contribution >= 4 is 43.8 Å². The molecule has 0 spiro atoms. The first kappa shape index (κ1) is 20.2. The molecular formula is C19H20ClN3O4S. The summed E-state index contributed by atoms with van der Waals surface area (Å²) >= 11 is 6.13. The lowest BCUT2D eigenvalue weighted by atomic mass is 10.2. The smallest absolute Gasteiger partial charge is 0.186 e. The van der Waals surface area contributed by atoms with E-state index >= 15 is 0 Å². The number of nitrogens with one attached hydrogen (secondary N) is 1. The van der Waals surface area contributed by atoms with Crippen LogP contribution in [0.1, 0.15) is 20.8 Å². The molecule has 2 N–H and O–H groups in total. The van der Waals surface area contributed by atoms with E-state index in [9.17, 15) is 13.5 Å². The molecule has 2 aromatic carbocycles. The van der Waals surface area contributed by atoms with E-state index in [0.717, 1.165) is 0 Å². The minimum atomic E-state index is -3.69. The summed E-state index contributed by atoms with van der Waals surface area (Å²) in [6.45, 7) is 4.87. The number of phenolic OH excluding ortho intramolecular Hbond substituents is 1. The average molecular weight is 422 g/mol. The molecule has 9 heteroatoms. The van der Waals surface area contributed by atoms with E-state index in [-0.39, 0.29) is 21.4 Å². The second kappa shape index (κ2) is 7.10. The first-order valence-corrected chi connectivity index (χ1v) is 10.2. The van der Waals surface area contributed by atoms with Crippen molar-refractivity contribution < 1.29 is 18.3 Å². The number of halogens is 1. The highest BCUT2D eigenvalue weighted by molar-refractivity contribution is 7.92. The van der Waals surface area contributed by atoms with Crippen molar-refractivity contribution in [3.8, 4) is 11.5 Å². The molecule has 0 saturated carbocycles. The predicted molar refractivity (Wildman–Crippen MR) is 109 cm³/mol. The molecule has 0 saturated heterocycles. The number of nitrogens with zero attached hydrogens (tertiary/aromatic N) is 2. The van der Waals surface area contributed by atoms with Gasteiger partial charge in [0.25, 0.3) is 0 Å². The summed E-state index contributed by atoms with van der Waals surface area (Å²) in [5, 5.41) is 13.4. The molecule has 0 fully saturated rings. The van der Waals surface area contributed by atoms with Gasteiger partial charge in [-0.1, -0.05) is 17.7 Å². The van der Waals surface area contributed by atoms with Gasteiger partial charge in [-0.3, -0.25) is 0 Å². The van der Waals surface area contributed by atoms with Gasteiger partial charge in [-0.2, -0.15) is 0 Å². The second-order valence-corrected chi connectivity index (χ2v) is 10.2. The van der Waals surface area contributed by atoms with Gasteiger partial charge in [0.1, 0.15) is 33.6 Å². The lowest BCUT2D eigenvalue weighted by molar-refractivity contribution is 0.402. The lowest BCUT2D eigenvalue weighted by Gasteiger charge is -2.21. The standard InChI is InChI=1S/C19H20ClN3O4S/c1-19(2,3)28(25,26)16-8-11-13(9-15(16)27-4)21-10-22-18(11)23-12-6-5-7-14(24)17(12)20/h5-10,24H,1-4H3,(H,21,22,23). The number of phenols is 1. The minimum absolute atomic E-state index is 0.0508. The third kappa shape index (κ3) is 3.45. The summed E-state index contributed by atoms with van der Waals surface area (Å²) in [4.78, 5) is 8.48. The Labute approximate surface area is 168 Å². The van der Waals surface area contributed by atoms with Crippen LogP contribution in [0.4, 0.5) is 11.5 Å². The number of methoxy groups -OCH3 is 1. The van der Waals surface area contributed by atoms with Crippen LogP contribution in [-0.4, -0.2) is 35.3 Å². The van der Waals surface area contributed by atoms with Crippen LogP contribution in [0.3, 0.4) is 0 Å². The first-order valence-electron chi connectivity index (χ1n) is 8.38. The van der Waals surface area contributed by atoms with Gasteiger partial charge in [0.15, 0.2) is 9.84 Å². The molecule has 0 atom stereocenters. The average Bonchev–Trinajstić information content (AvgIpc) is 2.63. The Balaban J connectivity index is 2.24. The number of rotatable bonds is 4. The zero-order valence-electron chi connectivity index (χ0n) is 15.8. The molecular weight excluding hydrogens is 402 g/mol. The maximum Gasteiger partial charge on any atom is 0.186 e. The summed E-state index contributed by atoms with van der Waals surface area (Å²) in [5.41, 5.74) is 0.927. The minimum Gasteiger partial charge on any atom is -0.506 e. The number of hydrogen-bond acceptors (Lipinski definition) is 7. The molecule has 148 valence electrons. The monoisotopic (exact) mass is 421 g/mol. The van der Waals surface area contributed by atoms with Gasteiger partial charge in [-0.25, -0.2) is 18.4 Å². The Morgan fingerprint density at radius 3 is 2.54 bits per heavy atom. The van der Waals surface area contributed by atoms with Crippen molar-refractivity contribution in [2.75, 3.05) is 12.4 Å². The van der Waals surface area contributed by atoms with Crippen molar-refractivity contribution in [1.82, 2.24) is 9.97 Å².